The molecule has 0 aliphatic rings. The number of nitrogens with one attached hydrogen (secondary N) is 1. The van der Waals surface area contributed by atoms with Gasteiger partial charge in [-0.3, -0.25) is 19.2 Å². The predicted molar refractivity (Wildman–Crippen MR) is 121 cm³/mol. The zero-order valence-electron chi connectivity index (χ0n) is 18.8. The molecule has 0 unspecified atom stereocenters. The third-order valence-electron chi connectivity index (χ3n) is 4.99. The monoisotopic (exact) mass is 465 g/mol. The van der Waals surface area contributed by atoms with E-state index in [1.165, 1.54) is 33.3 Å². The molecule has 1 N–H and O–H groups in total. The molecule has 2 aromatic rings. The number of carbonyl (C=O) groups is 1. The van der Waals surface area contributed by atoms with Crippen molar-refractivity contribution in [3.8, 4) is 11.5 Å². The minimum Gasteiger partial charge on any atom is -0.497 e. The summed E-state index contributed by atoms with van der Waals surface area (Å²) in [5.41, 5.74) is 0.908. The summed E-state index contributed by atoms with van der Waals surface area (Å²) < 4.78 is 36.7. The molecule has 2 atom stereocenters. The number of anilines is 1. The van der Waals surface area contributed by atoms with E-state index in [2.05, 4.69) is 5.32 Å². The molecule has 0 aromatic heterocycles. The van der Waals surface area contributed by atoms with Gasteiger partial charge in [-0.15, -0.1) is 0 Å². The molecule has 11 heteroatoms. The minimum absolute atomic E-state index is 0.0657. The second-order valence-corrected chi connectivity index (χ2v) is 9.16. The zero-order chi connectivity index (χ0) is 24.2. The van der Waals surface area contributed by atoms with Crippen molar-refractivity contribution in [3.05, 3.63) is 57.6 Å². The fraction of sp³-hybridized carbons (Fsp3) is 0.381. The highest BCUT2D eigenvalue weighted by Gasteiger charge is 2.32. The Morgan fingerprint density at radius 2 is 1.78 bits per heavy atom. The molecule has 2 rings (SSSR count). The van der Waals surface area contributed by atoms with E-state index in [1.54, 1.807) is 32.0 Å². The van der Waals surface area contributed by atoms with Crippen LogP contribution >= 0.6 is 0 Å². The first-order valence-corrected chi connectivity index (χ1v) is 11.5. The zero-order valence-corrected chi connectivity index (χ0v) is 19.6. The third kappa shape index (κ3) is 5.47. The molecule has 0 radical (unpaired) electrons. The summed E-state index contributed by atoms with van der Waals surface area (Å²) in [6.45, 7) is 4.76. The number of nitrogens with zero attached hydrogens (tertiary/aromatic N) is 2. The number of amides is 1. The lowest BCUT2D eigenvalue weighted by Crippen LogP contribution is -2.48. The summed E-state index contributed by atoms with van der Waals surface area (Å²) in [6, 6.07) is 7.29. The van der Waals surface area contributed by atoms with Gasteiger partial charge in [-0.05, 0) is 44.5 Å². The van der Waals surface area contributed by atoms with Gasteiger partial charge >= 0.3 is 0 Å². The Morgan fingerprint density at radius 1 is 1.12 bits per heavy atom. The van der Waals surface area contributed by atoms with Crippen LogP contribution < -0.4 is 19.1 Å². The maximum atomic E-state index is 13.0. The topological polar surface area (TPSA) is 128 Å². The molecular formula is C21H27N3O7S. The highest BCUT2D eigenvalue weighted by Crippen LogP contribution is 2.31. The number of non-ortho nitro benzene ring substituents is 1. The van der Waals surface area contributed by atoms with Gasteiger partial charge in [0.05, 0.1) is 37.1 Å². The van der Waals surface area contributed by atoms with E-state index in [-0.39, 0.29) is 11.4 Å². The lowest BCUT2D eigenvalue weighted by atomic mass is 10.1. The van der Waals surface area contributed by atoms with E-state index < -0.39 is 32.9 Å². The molecule has 0 aliphatic carbocycles. The van der Waals surface area contributed by atoms with Gasteiger partial charge in [0.1, 0.15) is 17.5 Å². The predicted octanol–water partition coefficient (Wildman–Crippen LogP) is 2.95. The number of carbonyl (C=O) groups excluding carboxylic acids is 1. The van der Waals surface area contributed by atoms with E-state index in [4.69, 9.17) is 9.47 Å². The molecule has 174 valence electrons. The average Bonchev–Trinajstić information content (AvgIpc) is 2.73. The van der Waals surface area contributed by atoms with Crippen LogP contribution in [0.25, 0.3) is 0 Å². The molecule has 10 nitrogen and oxygen atoms in total. The first-order valence-electron chi connectivity index (χ1n) is 9.67. The van der Waals surface area contributed by atoms with E-state index in [1.807, 2.05) is 0 Å². The molecule has 0 saturated carbocycles. The van der Waals surface area contributed by atoms with Crippen molar-refractivity contribution in [1.29, 1.82) is 0 Å². The summed E-state index contributed by atoms with van der Waals surface area (Å²) in [6.07, 6.45) is 0.948. The number of nitro groups is 1. The third-order valence-corrected chi connectivity index (χ3v) is 6.22. The maximum Gasteiger partial charge on any atom is 0.271 e. The van der Waals surface area contributed by atoms with Gasteiger partial charge in [-0.25, -0.2) is 8.42 Å². The normalized spacial score (nSPS) is 13.1. The standard InChI is InChI=1S/C21H27N3O7S/c1-13-7-8-16(24(26)27)11-19(13)23(32(6,28)29)15(3)21(25)22-14(2)18-12-17(30-4)9-10-20(18)31-5/h7-12,14-15H,1-6H3,(H,22,25)/t14-,15+/m0/s1. The highest BCUT2D eigenvalue weighted by atomic mass is 32.2. The molecule has 0 spiro atoms. The van der Waals surface area contributed by atoms with Crippen LogP contribution in [0.2, 0.25) is 0 Å². The summed E-state index contributed by atoms with van der Waals surface area (Å²) in [5.74, 6) is 0.513. The second kappa shape index (κ2) is 9.86. The lowest BCUT2D eigenvalue weighted by molar-refractivity contribution is -0.384. The second-order valence-electron chi connectivity index (χ2n) is 7.30. The van der Waals surface area contributed by atoms with Crippen LogP contribution in [0.4, 0.5) is 11.4 Å². The van der Waals surface area contributed by atoms with Crippen molar-refractivity contribution in [2.45, 2.75) is 32.9 Å². The number of methoxy groups -OCH3 is 2. The Bertz CT molecular complexity index is 1120. The summed E-state index contributed by atoms with van der Waals surface area (Å²) >= 11 is 0. The van der Waals surface area contributed by atoms with Gasteiger partial charge in [0.25, 0.3) is 5.69 Å². The van der Waals surface area contributed by atoms with Crippen LogP contribution in [0.1, 0.15) is 31.0 Å². The SMILES string of the molecule is COc1ccc(OC)c([C@H](C)NC(=O)[C@@H](C)N(c2cc([N+](=O)[O-])ccc2C)S(C)(=O)=O)c1. The maximum absolute atomic E-state index is 13.0. The smallest absolute Gasteiger partial charge is 0.271 e. The molecule has 0 fully saturated rings. The number of hydrogen-bond acceptors (Lipinski definition) is 7. The van der Waals surface area contributed by atoms with E-state index in [0.717, 1.165) is 16.6 Å². The van der Waals surface area contributed by atoms with Gasteiger partial charge in [-0.2, -0.15) is 0 Å². The quantitative estimate of drug-likeness (QED) is 0.445. The number of benzene rings is 2. The first kappa shape index (κ1) is 24.9. The van der Waals surface area contributed by atoms with Gasteiger partial charge in [0.15, 0.2) is 0 Å². The Morgan fingerprint density at radius 3 is 2.31 bits per heavy atom. The van der Waals surface area contributed by atoms with Crippen molar-refractivity contribution in [1.82, 2.24) is 5.32 Å². The molecule has 0 bridgehead atoms. The van der Waals surface area contributed by atoms with E-state index >= 15 is 0 Å². The molecule has 2 aromatic carbocycles. The van der Waals surface area contributed by atoms with Gasteiger partial charge in [0, 0.05) is 17.7 Å². The molecule has 0 saturated heterocycles. The molecule has 1 amide bonds. The number of nitro benzene ring substituents is 1. The molecular weight excluding hydrogens is 438 g/mol. The summed E-state index contributed by atoms with van der Waals surface area (Å²) in [5, 5.41) is 14.0. The Hall–Kier alpha value is -3.34. The van der Waals surface area contributed by atoms with Crippen molar-refractivity contribution in [2.75, 3.05) is 24.8 Å². The Balaban J connectivity index is 2.40. The van der Waals surface area contributed by atoms with Crippen LogP contribution in [0.5, 0.6) is 11.5 Å². The lowest BCUT2D eigenvalue weighted by Gasteiger charge is -2.30. The summed E-state index contributed by atoms with van der Waals surface area (Å²) in [7, 11) is -0.931. The average molecular weight is 466 g/mol. The number of rotatable bonds is 9. The number of ether oxygens (including phenoxy) is 2. The van der Waals surface area contributed by atoms with E-state index in [0.29, 0.717) is 22.6 Å². The van der Waals surface area contributed by atoms with Crippen LogP contribution in [0.15, 0.2) is 36.4 Å². The minimum atomic E-state index is -3.95. The van der Waals surface area contributed by atoms with Crippen LogP contribution in [-0.2, 0) is 14.8 Å². The first-order chi connectivity index (χ1) is 14.9. The summed E-state index contributed by atoms with van der Waals surface area (Å²) in [4.78, 5) is 23.6. The Kier molecular flexibility index (Phi) is 7.68. The largest absolute Gasteiger partial charge is 0.497 e. The van der Waals surface area contributed by atoms with E-state index in [9.17, 15) is 23.3 Å². The van der Waals surface area contributed by atoms with Gasteiger partial charge in [-0.1, -0.05) is 6.07 Å². The van der Waals surface area contributed by atoms with Crippen LogP contribution in [-0.4, -0.2) is 45.8 Å². The fourth-order valence-electron chi connectivity index (χ4n) is 3.32. The van der Waals surface area contributed by atoms with Crippen molar-refractivity contribution in [2.24, 2.45) is 0 Å². The fourth-order valence-corrected chi connectivity index (χ4v) is 4.54. The number of sulfonamides is 1. The highest BCUT2D eigenvalue weighted by molar-refractivity contribution is 7.92. The van der Waals surface area contributed by atoms with Gasteiger partial charge < -0.3 is 14.8 Å². The van der Waals surface area contributed by atoms with Gasteiger partial charge in [0.2, 0.25) is 15.9 Å². The van der Waals surface area contributed by atoms with Crippen LogP contribution in [0, 0.1) is 17.0 Å². The molecule has 0 aliphatic heterocycles. The van der Waals surface area contributed by atoms with Crippen molar-refractivity contribution < 1.29 is 27.6 Å². The van der Waals surface area contributed by atoms with Crippen molar-refractivity contribution in [3.63, 3.8) is 0 Å². The molecule has 0 heterocycles. The Labute approximate surface area is 187 Å². The van der Waals surface area contributed by atoms with Crippen molar-refractivity contribution >= 4 is 27.3 Å². The van der Waals surface area contributed by atoms with Crippen LogP contribution in [0.3, 0.4) is 0 Å². The molecule has 32 heavy (non-hydrogen) atoms. The number of aryl methyl sites for hydroxylation is 1. The number of hydrogen-bond donors (Lipinski definition) is 1.